The van der Waals surface area contributed by atoms with Crippen LogP contribution < -0.4 is 10.6 Å². The highest BCUT2D eigenvalue weighted by Gasteiger charge is 2.25. The molecule has 0 spiro atoms. The van der Waals surface area contributed by atoms with Gasteiger partial charge in [-0.1, -0.05) is 60.7 Å². The van der Waals surface area contributed by atoms with Crippen LogP contribution in [-0.2, 0) is 11.3 Å². The zero-order chi connectivity index (χ0) is 23.2. The Labute approximate surface area is 202 Å². The lowest BCUT2D eigenvalue weighted by Crippen LogP contribution is -2.20. The second-order valence-corrected chi connectivity index (χ2v) is 8.95. The van der Waals surface area contributed by atoms with Gasteiger partial charge in [-0.15, -0.1) is 11.3 Å². The first-order valence-corrected chi connectivity index (χ1v) is 11.8. The maximum atomic E-state index is 12.9. The normalized spacial score (nSPS) is 10.6. The van der Waals surface area contributed by atoms with Crippen LogP contribution in [0.15, 0.2) is 73.1 Å². The maximum absolute atomic E-state index is 12.9. The van der Waals surface area contributed by atoms with E-state index in [9.17, 15) is 4.79 Å². The average molecular weight is 477 g/mol. The van der Waals surface area contributed by atoms with Crippen molar-refractivity contribution in [1.82, 2.24) is 9.78 Å². The lowest BCUT2D eigenvalue weighted by atomic mass is 10.0. The molecule has 0 bridgehead atoms. The summed E-state index contributed by atoms with van der Waals surface area (Å²) in [6.07, 6.45) is 3.61. The fourth-order valence-electron chi connectivity index (χ4n) is 3.53. The molecule has 0 aliphatic rings. The molecule has 2 aromatic carbocycles. The summed E-state index contributed by atoms with van der Waals surface area (Å²) in [6.45, 7) is 4.75. The third kappa shape index (κ3) is 5.47. The van der Waals surface area contributed by atoms with Gasteiger partial charge < -0.3 is 15.4 Å². The van der Waals surface area contributed by atoms with Crippen LogP contribution in [-0.4, -0.2) is 27.5 Å². The number of ether oxygens (including phenoxy) is 1. The topological polar surface area (TPSA) is 68.2 Å². The van der Waals surface area contributed by atoms with E-state index in [1.54, 1.807) is 13.1 Å². The van der Waals surface area contributed by atoms with E-state index in [4.69, 9.17) is 17.0 Å². The van der Waals surface area contributed by atoms with Crippen molar-refractivity contribution < 1.29 is 9.53 Å². The number of aromatic nitrogens is 2. The highest BCUT2D eigenvalue weighted by atomic mass is 32.1. The Kier molecular flexibility index (Phi) is 7.16. The smallest absolute Gasteiger partial charge is 0.341 e. The van der Waals surface area contributed by atoms with Crippen LogP contribution in [0.5, 0.6) is 0 Å². The minimum absolute atomic E-state index is 0.296. The second-order valence-electron chi connectivity index (χ2n) is 7.32. The van der Waals surface area contributed by atoms with Gasteiger partial charge in [0.05, 0.1) is 25.0 Å². The molecule has 6 nitrogen and oxygen atoms in total. The first kappa shape index (κ1) is 22.7. The van der Waals surface area contributed by atoms with E-state index >= 15 is 0 Å². The van der Waals surface area contributed by atoms with Gasteiger partial charge in [-0.25, -0.2) is 4.79 Å². The van der Waals surface area contributed by atoms with E-state index in [1.165, 1.54) is 11.3 Å². The Hall–Kier alpha value is -3.49. The summed E-state index contributed by atoms with van der Waals surface area (Å²) in [4.78, 5) is 13.9. The summed E-state index contributed by atoms with van der Waals surface area (Å²) in [7, 11) is 0. The maximum Gasteiger partial charge on any atom is 0.341 e. The molecular formula is C25H24N4O2S2. The summed E-state index contributed by atoms with van der Waals surface area (Å²) in [5, 5.41) is 11.8. The van der Waals surface area contributed by atoms with Gasteiger partial charge in [0.1, 0.15) is 10.6 Å². The Balaban J connectivity index is 1.53. The van der Waals surface area contributed by atoms with Crippen molar-refractivity contribution in [2.75, 3.05) is 17.2 Å². The van der Waals surface area contributed by atoms with E-state index in [0.717, 1.165) is 27.3 Å². The molecule has 8 heteroatoms. The number of nitrogens with one attached hydrogen (secondary N) is 2. The van der Waals surface area contributed by atoms with Crippen molar-refractivity contribution in [1.29, 1.82) is 0 Å². The second kappa shape index (κ2) is 10.4. The van der Waals surface area contributed by atoms with Crippen LogP contribution in [0, 0.1) is 6.92 Å². The summed E-state index contributed by atoms with van der Waals surface area (Å²) in [6, 6.07) is 19.9. The zero-order valence-electron chi connectivity index (χ0n) is 18.4. The van der Waals surface area contributed by atoms with Crippen LogP contribution in [0.1, 0.15) is 27.7 Å². The van der Waals surface area contributed by atoms with Crippen LogP contribution >= 0.6 is 23.6 Å². The summed E-state index contributed by atoms with van der Waals surface area (Å²) < 4.78 is 7.19. The van der Waals surface area contributed by atoms with Gasteiger partial charge in [-0.2, -0.15) is 5.10 Å². The number of thiophene rings is 1. The molecule has 2 heterocycles. The standard InChI is InChI=1S/C25H24N4O2S2/c1-3-31-24(30)22-21(19-12-8-5-9-13-19)17(2)33-23(22)28-25(32)27-20-14-26-29(16-20)15-18-10-6-4-7-11-18/h4-14,16H,3,15H2,1-2H3,(H2,27,28,32). The van der Waals surface area contributed by atoms with Crippen molar-refractivity contribution in [3.63, 3.8) is 0 Å². The number of anilines is 2. The third-order valence-electron chi connectivity index (χ3n) is 4.93. The van der Waals surface area contributed by atoms with Gasteiger partial charge in [0.2, 0.25) is 0 Å². The minimum Gasteiger partial charge on any atom is -0.462 e. The van der Waals surface area contributed by atoms with Gasteiger partial charge in [-0.05, 0) is 37.2 Å². The fraction of sp³-hybridized carbons (Fsp3) is 0.160. The van der Waals surface area contributed by atoms with Crippen LogP contribution in [0.4, 0.5) is 10.7 Å². The molecule has 33 heavy (non-hydrogen) atoms. The van der Waals surface area contributed by atoms with E-state index in [1.807, 2.05) is 66.3 Å². The number of esters is 1. The fourth-order valence-corrected chi connectivity index (χ4v) is 4.89. The number of carbonyl (C=O) groups excluding carboxylic acids is 1. The summed E-state index contributed by atoms with van der Waals surface area (Å²) in [5.74, 6) is -0.373. The van der Waals surface area contributed by atoms with Gasteiger partial charge in [0.15, 0.2) is 5.11 Å². The summed E-state index contributed by atoms with van der Waals surface area (Å²) in [5.41, 5.74) is 4.24. The molecule has 168 valence electrons. The van der Waals surface area contributed by atoms with E-state index in [2.05, 4.69) is 27.9 Å². The van der Waals surface area contributed by atoms with Gasteiger partial charge in [-0.3, -0.25) is 4.68 Å². The lowest BCUT2D eigenvalue weighted by molar-refractivity contribution is 0.0529. The molecule has 0 radical (unpaired) electrons. The predicted molar refractivity (Wildman–Crippen MR) is 138 cm³/mol. The van der Waals surface area contributed by atoms with Crippen LogP contribution in [0.25, 0.3) is 11.1 Å². The number of hydrogen-bond acceptors (Lipinski definition) is 5. The molecule has 0 aliphatic heterocycles. The third-order valence-corrected chi connectivity index (χ3v) is 6.16. The molecule has 4 aromatic rings. The largest absolute Gasteiger partial charge is 0.462 e. The van der Waals surface area contributed by atoms with Crippen molar-refractivity contribution >= 4 is 45.3 Å². The molecule has 0 fully saturated rings. The van der Waals surface area contributed by atoms with Crippen LogP contribution in [0.2, 0.25) is 0 Å². The average Bonchev–Trinajstić information content (AvgIpc) is 3.38. The number of rotatable bonds is 7. The molecule has 0 saturated carbocycles. The SMILES string of the molecule is CCOC(=O)c1c(NC(=S)Nc2cnn(Cc3ccccc3)c2)sc(C)c1-c1ccccc1. The van der Waals surface area contributed by atoms with Gasteiger partial charge in [0.25, 0.3) is 0 Å². The Morgan fingerprint density at radius 2 is 1.79 bits per heavy atom. The number of nitrogens with zero attached hydrogens (tertiary/aromatic N) is 2. The molecule has 2 N–H and O–H groups in total. The number of aryl methyl sites for hydroxylation is 1. The van der Waals surface area contributed by atoms with Crippen molar-refractivity contribution in [2.45, 2.75) is 20.4 Å². The molecule has 0 aliphatic carbocycles. The molecule has 4 rings (SSSR count). The van der Waals surface area contributed by atoms with E-state index in [0.29, 0.717) is 28.8 Å². The van der Waals surface area contributed by atoms with Crippen LogP contribution in [0.3, 0.4) is 0 Å². The molecule has 0 atom stereocenters. The Morgan fingerprint density at radius 3 is 2.48 bits per heavy atom. The molecule has 0 amide bonds. The number of carbonyl (C=O) groups is 1. The minimum atomic E-state index is -0.373. The van der Waals surface area contributed by atoms with E-state index < -0.39 is 0 Å². The quantitative estimate of drug-likeness (QED) is 0.254. The molecule has 2 aromatic heterocycles. The number of thiocarbonyl (C=S) groups is 1. The van der Waals surface area contributed by atoms with Gasteiger partial charge in [0, 0.05) is 16.6 Å². The predicted octanol–water partition coefficient (Wildman–Crippen LogP) is 5.95. The number of benzene rings is 2. The molecular weight excluding hydrogens is 452 g/mol. The Morgan fingerprint density at radius 1 is 1.09 bits per heavy atom. The van der Waals surface area contributed by atoms with Crippen molar-refractivity contribution in [3.05, 3.63) is 89.1 Å². The molecule has 0 saturated heterocycles. The summed E-state index contributed by atoms with van der Waals surface area (Å²) >= 11 is 7.01. The first-order valence-electron chi connectivity index (χ1n) is 10.6. The first-order chi connectivity index (χ1) is 16.0. The van der Waals surface area contributed by atoms with Crippen molar-refractivity contribution in [3.8, 4) is 11.1 Å². The number of hydrogen-bond donors (Lipinski definition) is 2. The lowest BCUT2D eigenvalue weighted by Gasteiger charge is -2.11. The van der Waals surface area contributed by atoms with Crippen molar-refractivity contribution in [2.24, 2.45) is 0 Å². The van der Waals surface area contributed by atoms with Gasteiger partial charge >= 0.3 is 5.97 Å². The van der Waals surface area contributed by atoms with E-state index in [-0.39, 0.29) is 5.97 Å². The molecule has 0 unspecified atom stereocenters. The zero-order valence-corrected chi connectivity index (χ0v) is 20.0. The monoisotopic (exact) mass is 476 g/mol. The Bertz CT molecular complexity index is 1250. The highest BCUT2D eigenvalue weighted by molar-refractivity contribution is 7.80. The highest BCUT2D eigenvalue weighted by Crippen LogP contribution is 2.40.